The van der Waals surface area contributed by atoms with Crippen molar-refractivity contribution in [3.05, 3.63) is 48.4 Å². The topological polar surface area (TPSA) is 148 Å². The molecule has 3 N–H and O–H groups in total. The minimum atomic E-state index is -3.74. The normalized spacial score (nSPS) is 16.5. The Kier molecular flexibility index (Phi) is 7.28. The first-order chi connectivity index (χ1) is 16.8. The summed E-state index contributed by atoms with van der Waals surface area (Å²) in [5.41, 5.74) is 1.98. The van der Waals surface area contributed by atoms with Crippen LogP contribution in [0.25, 0.3) is 11.3 Å². The van der Waals surface area contributed by atoms with Gasteiger partial charge in [-0.2, -0.15) is 0 Å². The molecular formula is C22H24FN5O6S. The second-order valence-corrected chi connectivity index (χ2v) is 9.48. The lowest BCUT2D eigenvalue weighted by Gasteiger charge is -2.14. The highest BCUT2D eigenvalue weighted by molar-refractivity contribution is 7.89. The number of ether oxygens (including phenoxy) is 3. The molecule has 2 atom stereocenters. The fourth-order valence-corrected chi connectivity index (χ4v) is 3.78. The quantitative estimate of drug-likeness (QED) is 0.379. The zero-order valence-electron chi connectivity index (χ0n) is 18.9. The van der Waals surface area contributed by atoms with E-state index in [2.05, 4.69) is 24.7 Å². The largest absolute Gasteiger partial charge is 0.488 e. The molecule has 3 heterocycles. The third-order valence-electron chi connectivity index (χ3n) is 4.96. The molecule has 0 radical (unpaired) electrons. The van der Waals surface area contributed by atoms with E-state index in [0.29, 0.717) is 41.0 Å². The van der Waals surface area contributed by atoms with Gasteiger partial charge in [0.25, 0.3) is 10.0 Å². The fourth-order valence-electron chi connectivity index (χ4n) is 3.18. The monoisotopic (exact) mass is 505 g/mol. The van der Waals surface area contributed by atoms with Crippen LogP contribution in [-0.2, 0) is 14.8 Å². The van der Waals surface area contributed by atoms with Crippen molar-refractivity contribution in [2.45, 2.75) is 24.1 Å². The lowest BCUT2D eigenvalue weighted by molar-refractivity contribution is 0.182. The van der Waals surface area contributed by atoms with Gasteiger partial charge in [0.2, 0.25) is 11.8 Å². The molecule has 1 aromatic carbocycles. The van der Waals surface area contributed by atoms with Crippen molar-refractivity contribution >= 4 is 15.9 Å². The molecule has 1 unspecified atom stereocenters. The molecule has 1 aliphatic heterocycles. The number of aromatic nitrogens is 3. The first kappa shape index (κ1) is 24.6. The van der Waals surface area contributed by atoms with Crippen molar-refractivity contribution in [1.29, 1.82) is 0 Å². The molecule has 0 bridgehead atoms. The SMILES string of the molecule is CNS(=O)(=O)c1cnc(Oc2cc(O[C@@H](C)CF)cc(-c3ccc(C4=NC(CO)CO4)[nH]3)c2)cn1. The number of nitrogens with one attached hydrogen (secondary N) is 2. The minimum Gasteiger partial charge on any atom is -0.488 e. The van der Waals surface area contributed by atoms with Crippen molar-refractivity contribution in [2.75, 3.05) is 26.9 Å². The van der Waals surface area contributed by atoms with E-state index in [0.717, 1.165) is 6.20 Å². The summed E-state index contributed by atoms with van der Waals surface area (Å²) in [4.78, 5) is 15.4. The van der Waals surface area contributed by atoms with Crippen molar-refractivity contribution in [3.63, 3.8) is 0 Å². The molecule has 35 heavy (non-hydrogen) atoms. The number of halogens is 1. The number of aliphatic imine (C=N–C) groups is 1. The maximum absolute atomic E-state index is 13.1. The standard InChI is InChI=1S/C22H24FN5O6S/c1-13(8-23)33-16-5-14(18-3-4-19(28-18)22-27-15(11-29)12-32-22)6-17(7-16)34-20-9-26-21(10-25-20)35(30,31)24-2/h3-7,9-10,13,15,24,28-29H,8,11-12H2,1-2H3/t13-,15?/m0/s1. The van der Waals surface area contributed by atoms with Crippen LogP contribution in [0.5, 0.6) is 17.4 Å². The van der Waals surface area contributed by atoms with Crippen LogP contribution in [0.3, 0.4) is 0 Å². The van der Waals surface area contributed by atoms with Crippen LogP contribution in [0.2, 0.25) is 0 Å². The Labute approximate surface area is 201 Å². The van der Waals surface area contributed by atoms with E-state index < -0.39 is 22.8 Å². The van der Waals surface area contributed by atoms with Crippen LogP contribution in [0, 0.1) is 0 Å². The van der Waals surface area contributed by atoms with E-state index in [1.807, 2.05) is 6.07 Å². The summed E-state index contributed by atoms with van der Waals surface area (Å²) >= 11 is 0. The summed E-state index contributed by atoms with van der Waals surface area (Å²) < 4.78 is 55.9. The van der Waals surface area contributed by atoms with Crippen LogP contribution in [0.15, 0.2) is 52.7 Å². The van der Waals surface area contributed by atoms with Gasteiger partial charge in [-0.1, -0.05) is 0 Å². The molecule has 0 amide bonds. The number of benzene rings is 1. The molecule has 3 aromatic rings. The number of hydrogen-bond acceptors (Lipinski definition) is 9. The minimum absolute atomic E-state index is 0.0534. The zero-order valence-corrected chi connectivity index (χ0v) is 19.8. The van der Waals surface area contributed by atoms with E-state index in [-0.39, 0.29) is 23.6 Å². The lowest BCUT2D eigenvalue weighted by Crippen LogP contribution is -2.19. The molecule has 4 rings (SSSR count). The van der Waals surface area contributed by atoms with E-state index in [1.165, 1.54) is 13.2 Å². The Morgan fingerprint density at radius 3 is 2.66 bits per heavy atom. The number of aromatic amines is 1. The average Bonchev–Trinajstić information content (AvgIpc) is 3.54. The van der Waals surface area contributed by atoms with Gasteiger partial charge < -0.3 is 24.3 Å². The van der Waals surface area contributed by atoms with Crippen LogP contribution >= 0.6 is 0 Å². The molecule has 13 heteroatoms. The molecule has 1 aliphatic rings. The van der Waals surface area contributed by atoms with Crippen molar-refractivity contribution in [1.82, 2.24) is 19.7 Å². The summed E-state index contributed by atoms with van der Waals surface area (Å²) in [5, 5.41) is 9.01. The van der Waals surface area contributed by atoms with Crippen molar-refractivity contribution < 1.29 is 32.1 Å². The first-order valence-electron chi connectivity index (χ1n) is 10.6. The highest BCUT2D eigenvalue weighted by Crippen LogP contribution is 2.32. The van der Waals surface area contributed by atoms with Crippen LogP contribution in [0.4, 0.5) is 4.39 Å². The molecule has 0 spiro atoms. The third kappa shape index (κ3) is 5.75. The van der Waals surface area contributed by atoms with Crippen LogP contribution in [-0.4, -0.2) is 73.5 Å². The van der Waals surface area contributed by atoms with Gasteiger partial charge in [0, 0.05) is 17.3 Å². The van der Waals surface area contributed by atoms with Crippen LogP contribution < -0.4 is 14.2 Å². The van der Waals surface area contributed by atoms with E-state index in [1.54, 1.807) is 31.2 Å². The number of hydrogen-bond donors (Lipinski definition) is 3. The smallest absolute Gasteiger partial charge is 0.259 e. The number of H-pyrrole nitrogens is 1. The van der Waals surface area contributed by atoms with Gasteiger partial charge in [0.15, 0.2) is 5.03 Å². The maximum Gasteiger partial charge on any atom is 0.259 e. The Bertz CT molecular complexity index is 1310. The maximum atomic E-state index is 13.1. The van der Waals surface area contributed by atoms with E-state index >= 15 is 0 Å². The van der Waals surface area contributed by atoms with E-state index in [9.17, 15) is 17.9 Å². The number of aliphatic hydroxyl groups excluding tert-OH is 1. The molecule has 0 saturated carbocycles. The van der Waals surface area contributed by atoms with E-state index in [4.69, 9.17) is 14.2 Å². The van der Waals surface area contributed by atoms with Gasteiger partial charge in [-0.3, -0.25) is 0 Å². The number of aliphatic hydroxyl groups is 1. The lowest BCUT2D eigenvalue weighted by atomic mass is 10.1. The predicted molar refractivity (Wildman–Crippen MR) is 124 cm³/mol. The Morgan fingerprint density at radius 2 is 2.00 bits per heavy atom. The van der Waals surface area contributed by atoms with Gasteiger partial charge in [-0.05, 0) is 38.2 Å². The summed E-state index contributed by atoms with van der Waals surface area (Å²) in [5.74, 6) is 1.12. The summed E-state index contributed by atoms with van der Waals surface area (Å²) in [6.45, 7) is 1.12. The molecule has 186 valence electrons. The average molecular weight is 506 g/mol. The molecule has 2 aromatic heterocycles. The summed E-state index contributed by atoms with van der Waals surface area (Å²) in [6, 6.07) is 8.29. The Hall–Kier alpha value is -3.55. The molecule has 0 saturated heterocycles. The Morgan fingerprint density at radius 1 is 1.23 bits per heavy atom. The predicted octanol–water partition coefficient (Wildman–Crippen LogP) is 2.05. The highest BCUT2D eigenvalue weighted by atomic mass is 32.2. The molecule has 11 nitrogen and oxygen atoms in total. The van der Waals surface area contributed by atoms with Crippen molar-refractivity contribution in [3.8, 4) is 28.6 Å². The Balaban J connectivity index is 1.63. The third-order valence-corrected chi connectivity index (χ3v) is 6.25. The number of sulfonamides is 1. The summed E-state index contributed by atoms with van der Waals surface area (Å²) in [6.07, 6.45) is 1.58. The van der Waals surface area contributed by atoms with Gasteiger partial charge >= 0.3 is 0 Å². The first-order valence-corrected chi connectivity index (χ1v) is 12.1. The van der Waals surface area contributed by atoms with Crippen molar-refractivity contribution in [2.24, 2.45) is 4.99 Å². The second kappa shape index (κ2) is 10.4. The zero-order chi connectivity index (χ0) is 25.0. The van der Waals surface area contributed by atoms with Gasteiger partial charge in [0.1, 0.15) is 42.6 Å². The second-order valence-electron chi connectivity index (χ2n) is 7.65. The molecule has 0 fully saturated rings. The molecular weight excluding hydrogens is 481 g/mol. The fraction of sp³-hybridized carbons (Fsp3) is 0.318. The number of alkyl halides is 1. The number of nitrogens with zero attached hydrogens (tertiary/aromatic N) is 3. The van der Waals surface area contributed by atoms with Crippen LogP contribution in [0.1, 0.15) is 12.6 Å². The van der Waals surface area contributed by atoms with Gasteiger partial charge in [0.05, 0.1) is 19.0 Å². The number of rotatable bonds is 10. The van der Waals surface area contributed by atoms with Gasteiger partial charge in [-0.25, -0.2) is 32.5 Å². The summed E-state index contributed by atoms with van der Waals surface area (Å²) in [7, 11) is -2.46. The van der Waals surface area contributed by atoms with Gasteiger partial charge in [-0.15, -0.1) is 0 Å². The molecule has 0 aliphatic carbocycles. The highest BCUT2D eigenvalue weighted by Gasteiger charge is 2.21.